The molecule has 2 aromatic heterocycles. The van der Waals surface area contributed by atoms with Gasteiger partial charge in [0.2, 0.25) is 5.89 Å². The third-order valence-corrected chi connectivity index (χ3v) is 9.36. The zero-order valence-corrected chi connectivity index (χ0v) is 24.3. The van der Waals surface area contributed by atoms with Crippen molar-refractivity contribution in [2.24, 2.45) is 11.3 Å². The van der Waals surface area contributed by atoms with Gasteiger partial charge in [0.15, 0.2) is 5.58 Å². The monoisotopic (exact) mass is 557 g/mol. The fourth-order valence-corrected chi connectivity index (χ4v) is 7.33. The van der Waals surface area contributed by atoms with Gasteiger partial charge in [0.1, 0.15) is 5.52 Å². The minimum Gasteiger partial charge on any atom is -0.447 e. The molecular formula is C39H31N3O. The molecule has 0 N–H and O–H groups in total. The van der Waals surface area contributed by atoms with E-state index in [1.165, 1.54) is 44.2 Å². The van der Waals surface area contributed by atoms with Crippen LogP contribution in [-0.2, 0) is 0 Å². The van der Waals surface area contributed by atoms with Crippen molar-refractivity contribution in [1.29, 1.82) is 0 Å². The lowest BCUT2D eigenvalue weighted by molar-refractivity contribution is 0.228. The van der Waals surface area contributed by atoms with E-state index in [0.717, 1.165) is 30.4 Å². The first-order valence-corrected chi connectivity index (χ1v) is 15.0. The number of aromatic nitrogens is 2. The Labute approximate surface area is 251 Å². The molecule has 0 radical (unpaired) electrons. The minimum absolute atomic E-state index is 0.0315. The first-order chi connectivity index (χ1) is 21.0. The first kappa shape index (κ1) is 25.6. The molecule has 0 bridgehead atoms. The van der Waals surface area contributed by atoms with Gasteiger partial charge in [0.05, 0.1) is 17.6 Å². The highest BCUT2D eigenvalue weighted by atomic mass is 16.3. The van der Waals surface area contributed by atoms with Crippen molar-refractivity contribution >= 4 is 44.2 Å². The van der Waals surface area contributed by atoms with Crippen LogP contribution in [-0.4, -0.2) is 9.55 Å². The van der Waals surface area contributed by atoms with Gasteiger partial charge in [-0.25, -0.2) is 9.83 Å². The van der Waals surface area contributed by atoms with Crippen LogP contribution in [0.1, 0.15) is 44.6 Å². The molecule has 4 aromatic carbocycles. The van der Waals surface area contributed by atoms with Crippen molar-refractivity contribution in [3.63, 3.8) is 0 Å². The predicted octanol–water partition coefficient (Wildman–Crippen LogP) is 10.4. The van der Waals surface area contributed by atoms with E-state index in [0.29, 0.717) is 23.1 Å². The molecule has 4 heteroatoms. The van der Waals surface area contributed by atoms with Crippen LogP contribution in [0.5, 0.6) is 0 Å². The molecule has 0 fully saturated rings. The molecule has 6 aromatic rings. The SMILES string of the molecule is [C-]#[N+]C(=C1C=C2C=C(c3ccc(-n4c5ccccc5c5ccccc54)cc3)CCC2C(C)(C)C1)c1nc2ccccc2o1. The molecule has 2 heterocycles. The molecule has 208 valence electrons. The normalized spacial score (nSPS) is 19.1. The second-order valence-corrected chi connectivity index (χ2v) is 12.5. The average molecular weight is 558 g/mol. The summed E-state index contributed by atoms with van der Waals surface area (Å²) in [6.45, 7) is 12.7. The van der Waals surface area contributed by atoms with E-state index in [1.807, 2.05) is 24.3 Å². The molecule has 0 amide bonds. The topological polar surface area (TPSA) is 35.3 Å². The number of hydrogen-bond acceptors (Lipinski definition) is 2. The molecule has 43 heavy (non-hydrogen) atoms. The maximum atomic E-state index is 8.04. The maximum absolute atomic E-state index is 8.04. The number of para-hydroxylation sites is 4. The Kier molecular flexibility index (Phi) is 5.77. The van der Waals surface area contributed by atoms with E-state index >= 15 is 0 Å². The van der Waals surface area contributed by atoms with Crippen LogP contribution < -0.4 is 0 Å². The van der Waals surface area contributed by atoms with Crippen molar-refractivity contribution in [2.75, 3.05) is 0 Å². The second-order valence-electron chi connectivity index (χ2n) is 12.5. The van der Waals surface area contributed by atoms with Gasteiger partial charge in [-0.1, -0.05) is 86.7 Å². The highest BCUT2D eigenvalue weighted by molar-refractivity contribution is 6.09. The Morgan fingerprint density at radius 2 is 1.53 bits per heavy atom. The average Bonchev–Trinajstić information content (AvgIpc) is 3.60. The Balaban J connectivity index is 1.19. The van der Waals surface area contributed by atoms with Gasteiger partial charge >= 0.3 is 0 Å². The van der Waals surface area contributed by atoms with E-state index in [1.54, 1.807) is 0 Å². The van der Waals surface area contributed by atoms with Crippen molar-refractivity contribution in [3.05, 3.63) is 143 Å². The number of nitrogens with zero attached hydrogens (tertiary/aromatic N) is 3. The predicted molar refractivity (Wildman–Crippen MR) is 175 cm³/mol. The van der Waals surface area contributed by atoms with Gasteiger partial charge in [-0.05, 0) is 89.3 Å². The Morgan fingerprint density at radius 3 is 2.23 bits per heavy atom. The molecule has 1 atom stereocenters. The van der Waals surface area contributed by atoms with Crippen molar-refractivity contribution in [1.82, 2.24) is 9.55 Å². The Bertz CT molecular complexity index is 2110. The zero-order chi connectivity index (χ0) is 29.1. The van der Waals surface area contributed by atoms with Crippen LogP contribution in [0.3, 0.4) is 0 Å². The highest BCUT2D eigenvalue weighted by Gasteiger charge is 2.38. The number of allylic oxidation sites excluding steroid dienone is 5. The summed E-state index contributed by atoms with van der Waals surface area (Å²) in [6, 6.07) is 34.0. The van der Waals surface area contributed by atoms with E-state index in [4.69, 9.17) is 11.0 Å². The van der Waals surface area contributed by atoms with E-state index < -0.39 is 0 Å². The fourth-order valence-electron chi connectivity index (χ4n) is 7.33. The van der Waals surface area contributed by atoms with Gasteiger partial charge in [0, 0.05) is 16.5 Å². The summed E-state index contributed by atoms with van der Waals surface area (Å²) in [5.41, 5.74) is 10.6. The summed E-state index contributed by atoms with van der Waals surface area (Å²) < 4.78 is 8.40. The van der Waals surface area contributed by atoms with E-state index in [-0.39, 0.29) is 5.41 Å². The zero-order valence-electron chi connectivity index (χ0n) is 24.3. The van der Waals surface area contributed by atoms with Crippen LogP contribution >= 0.6 is 0 Å². The summed E-state index contributed by atoms with van der Waals surface area (Å²) in [6.07, 6.45) is 7.58. The summed E-state index contributed by atoms with van der Waals surface area (Å²) in [5, 5.41) is 2.55. The van der Waals surface area contributed by atoms with Gasteiger partial charge in [0.25, 0.3) is 5.70 Å². The molecule has 0 saturated carbocycles. The lowest BCUT2D eigenvalue weighted by atomic mass is 9.62. The van der Waals surface area contributed by atoms with Crippen LogP contribution in [0, 0.1) is 17.9 Å². The van der Waals surface area contributed by atoms with E-state index in [2.05, 4.69) is 113 Å². The lowest BCUT2D eigenvalue weighted by Gasteiger charge is -2.42. The third kappa shape index (κ3) is 4.15. The van der Waals surface area contributed by atoms with Crippen LogP contribution in [0.25, 0.3) is 54.7 Å². The van der Waals surface area contributed by atoms with Gasteiger partial charge < -0.3 is 8.98 Å². The first-order valence-electron chi connectivity index (χ1n) is 15.0. The second kappa shape index (κ2) is 9.71. The van der Waals surface area contributed by atoms with Crippen molar-refractivity contribution < 1.29 is 4.42 Å². The summed E-state index contributed by atoms with van der Waals surface area (Å²) >= 11 is 0. The fraction of sp³-hybridized carbons (Fsp3) is 0.179. The molecule has 8 rings (SSSR count). The Hall–Kier alpha value is -5.14. The number of hydrogen-bond donors (Lipinski definition) is 0. The maximum Gasteiger partial charge on any atom is 0.250 e. The van der Waals surface area contributed by atoms with Gasteiger partial charge in [-0.2, -0.15) is 0 Å². The smallest absolute Gasteiger partial charge is 0.250 e. The number of benzene rings is 4. The third-order valence-electron chi connectivity index (χ3n) is 9.36. The minimum atomic E-state index is 0.0315. The molecule has 2 aliphatic rings. The standard InChI is InChI=1S/C39H31N3O/c1-39(2)24-28(37(40-3)38-41-33-12-6-9-15-36(33)43-38)23-27-22-26(18-21-32(27)39)25-16-19-29(20-17-25)42-34-13-7-4-10-30(34)31-11-5-8-14-35(31)42/h4-17,19-20,22-23,32H,18,21,24H2,1-2H3. The van der Waals surface area contributed by atoms with Crippen LogP contribution in [0.15, 0.2) is 125 Å². The van der Waals surface area contributed by atoms with Gasteiger partial charge in [-0.15, -0.1) is 0 Å². The number of fused-ring (bicyclic) bond motifs is 5. The summed E-state index contributed by atoms with van der Waals surface area (Å²) in [7, 11) is 0. The molecule has 1 unspecified atom stereocenters. The lowest BCUT2D eigenvalue weighted by Crippen LogP contribution is -2.31. The molecule has 0 spiro atoms. The molecular weight excluding hydrogens is 526 g/mol. The highest BCUT2D eigenvalue weighted by Crippen LogP contribution is 2.51. The molecule has 0 aliphatic heterocycles. The number of oxazole rings is 1. The molecule has 0 saturated heterocycles. The number of rotatable bonds is 3. The molecule has 2 aliphatic carbocycles. The summed E-state index contributed by atoms with van der Waals surface area (Å²) in [5.74, 6) is 0.866. The quantitative estimate of drug-likeness (QED) is 0.203. The van der Waals surface area contributed by atoms with Crippen LogP contribution in [0.2, 0.25) is 0 Å². The largest absolute Gasteiger partial charge is 0.447 e. The van der Waals surface area contributed by atoms with Gasteiger partial charge in [-0.3, -0.25) is 0 Å². The van der Waals surface area contributed by atoms with Crippen molar-refractivity contribution in [3.8, 4) is 5.69 Å². The van der Waals surface area contributed by atoms with Crippen LogP contribution in [0.4, 0.5) is 0 Å². The summed E-state index contributed by atoms with van der Waals surface area (Å²) in [4.78, 5) is 8.60. The molecule has 4 nitrogen and oxygen atoms in total. The Morgan fingerprint density at radius 1 is 0.860 bits per heavy atom. The van der Waals surface area contributed by atoms with Crippen molar-refractivity contribution in [2.45, 2.75) is 33.1 Å². The van der Waals surface area contributed by atoms with E-state index in [9.17, 15) is 0 Å².